The minimum atomic E-state index is -1.01. The van der Waals surface area contributed by atoms with Gasteiger partial charge in [0.05, 0.1) is 31.2 Å². The Morgan fingerprint density at radius 3 is 2.50 bits per heavy atom. The minimum Gasteiger partial charge on any atom is -0.494 e. The summed E-state index contributed by atoms with van der Waals surface area (Å²) in [6.45, 7) is 3.11. The number of amides is 3. The molecule has 3 amide bonds. The average molecular weight is 387 g/mol. The standard InChI is InChI=1S/C19H21N3O6/c1-3-28-11-6-4-10(5-7-11)22-17(24)12-13(19(26)27-2)14-16(23)20-8-9-21(14)15(12)18(22)25/h4-7,12-15H,3,8-9H2,1-2H3,(H,20,23). The van der Waals surface area contributed by atoms with Crippen molar-refractivity contribution in [2.45, 2.75) is 19.0 Å². The molecule has 148 valence electrons. The van der Waals surface area contributed by atoms with Crippen LogP contribution in [0.3, 0.4) is 0 Å². The monoisotopic (exact) mass is 387 g/mol. The number of hydrogen-bond acceptors (Lipinski definition) is 7. The van der Waals surface area contributed by atoms with E-state index < -0.39 is 41.7 Å². The van der Waals surface area contributed by atoms with Crippen LogP contribution in [0.25, 0.3) is 0 Å². The van der Waals surface area contributed by atoms with E-state index in [4.69, 9.17) is 9.47 Å². The van der Waals surface area contributed by atoms with Gasteiger partial charge in [-0.2, -0.15) is 0 Å². The number of nitrogens with zero attached hydrogens (tertiary/aromatic N) is 2. The van der Waals surface area contributed by atoms with Crippen molar-refractivity contribution in [3.8, 4) is 5.75 Å². The Morgan fingerprint density at radius 2 is 1.86 bits per heavy atom. The SMILES string of the molecule is CCOc1ccc(N2C(=O)C3C(C(=O)OC)C4C(=O)NCCN4C3C2=O)cc1. The van der Waals surface area contributed by atoms with E-state index in [1.165, 1.54) is 7.11 Å². The van der Waals surface area contributed by atoms with E-state index in [1.54, 1.807) is 29.2 Å². The van der Waals surface area contributed by atoms with Crippen LogP contribution < -0.4 is 15.0 Å². The molecule has 9 heteroatoms. The quantitative estimate of drug-likeness (QED) is 0.551. The lowest BCUT2D eigenvalue weighted by Crippen LogP contribution is -2.58. The molecule has 1 aromatic carbocycles. The van der Waals surface area contributed by atoms with E-state index in [9.17, 15) is 19.2 Å². The number of hydrogen-bond donors (Lipinski definition) is 1. The zero-order valence-electron chi connectivity index (χ0n) is 15.6. The number of fused-ring (bicyclic) bond motifs is 3. The molecule has 9 nitrogen and oxygen atoms in total. The predicted octanol–water partition coefficient (Wildman–Crippen LogP) is -0.453. The largest absolute Gasteiger partial charge is 0.494 e. The first kappa shape index (κ1) is 18.4. The van der Waals surface area contributed by atoms with Crippen LogP contribution in [0.5, 0.6) is 5.75 Å². The number of piperazine rings is 1. The first-order chi connectivity index (χ1) is 13.5. The number of ether oxygens (including phenoxy) is 2. The highest BCUT2D eigenvalue weighted by molar-refractivity contribution is 6.25. The van der Waals surface area contributed by atoms with Gasteiger partial charge in [-0.05, 0) is 31.2 Å². The highest BCUT2D eigenvalue weighted by Crippen LogP contribution is 2.44. The number of carbonyl (C=O) groups excluding carboxylic acids is 4. The van der Waals surface area contributed by atoms with Crippen molar-refractivity contribution in [1.29, 1.82) is 0 Å². The summed E-state index contributed by atoms with van der Waals surface area (Å²) in [5.74, 6) is -3.26. The molecule has 3 aliphatic heterocycles. The van der Waals surface area contributed by atoms with Gasteiger partial charge in [-0.15, -0.1) is 0 Å². The second-order valence-electron chi connectivity index (χ2n) is 6.93. The van der Waals surface area contributed by atoms with Crippen molar-refractivity contribution >= 4 is 29.4 Å². The van der Waals surface area contributed by atoms with Gasteiger partial charge in [0.25, 0.3) is 5.91 Å². The maximum Gasteiger partial charge on any atom is 0.311 e. The van der Waals surface area contributed by atoms with Crippen LogP contribution in [0, 0.1) is 11.8 Å². The number of methoxy groups -OCH3 is 1. The van der Waals surface area contributed by atoms with Crippen LogP contribution >= 0.6 is 0 Å². The molecular weight excluding hydrogens is 366 g/mol. The van der Waals surface area contributed by atoms with Gasteiger partial charge in [0.2, 0.25) is 11.8 Å². The second-order valence-corrected chi connectivity index (χ2v) is 6.93. The highest BCUT2D eigenvalue weighted by atomic mass is 16.5. The van der Waals surface area contributed by atoms with Crippen LogP contribution in [0.15, 0.2) is 24.3 Å². The molecule has 3 fully saturated rings. The number of rotatable bonds is 4. The Bertz CT molecular complexity index is 839. The maximum atomic E-state index is 13.2. The van der Waals surface area contributed by atoms with Crippen LogP contribution in [-0.2, 0) is 23.9 Å². The third-order valence-corrected chi connectivity index (χ3v) is 5.58. The van der Waals surface area contributed by atoms with E-state index in [0.717, 1.165) is 4.90 Å². The van der Waals surface area contributed by atoms with Crippen molar-refractivity contribution in [1.82, 2.24) is 10.2 Å². The van der Waals surface area contributed by atoms with Crippen LogP contribution in [0.4, 0.5) is 5.69 Å². The van der Waals surface area contributed by atoms with Crippen molar-refractivity contribution in [2.24, 2.45) is 11.8 Å². The predicted molar refractivity (Wildman–Crippen MR) is 96.4 cm³/mol. The lowest BCUT2D eigenvalue weighted by Gasteiger charge is -2.34. The molecule has 0 aromatic heterocycles. The lowest BCUT2D eigenvalue weighted by molar-refractivity contribution is -0.152. The van der Waals surface area contributed by atoms with Gasteiger partial charge >= 0.3 is 5.97 Å². The molecule has 1 N–H and O–H groups in total. The number of imide groups is 1. The number of nitrogens with one attached hydrogen (secondary N) is 1. The third kappa shape index (κ3) is 2.57. The van der Waals surface area contributed by atoms with Crippen molar-refractivity contribution in [3.05, 3.63) is 24.3 Å². The van der Waals surface area contributed by atoms with E-state index in [-0.39, 0.29) is 5.91 Å². The van der Waals surface area contributed by atoms with Crippen molar-refractivity contribution in [2.75, 3.05) is 31.7 Å². The molecule has 0 aliphatic carbocycles. The van der Waals surface area contributed by atoms with E-state index in [2.05, 4.69) is 5.32 Å². The molecule has 0 saturated carbocycles. The number of benzene rings is 1. The fraction of sp³-hybridized carbons (Fsp3) is 0.474. The number of carbonyl (C=O) groups is 4. The van der Waals surface area contributed by atoms with Gasteiger partial charge in [-0.3, -0.25) is 24.1 Å². The fourth-order valence-corrected chi connectivity index (χ4v) is 4.48. The Balaban J connectivity index is 1.71. The van der Waals surface area contributed by atoms with Crippen LogP contribution in [-0.4, -0.2) is 67.5 Å². The Morgan fingerprint density at radius 1 is 1.14 bits per heavy atom. The molecule has 3 saturated heterocycles. The van der Waals surface area contributed by atoms with Gasteiger partial charge in [-0.1, -0.05) is 0 Å². The Labute approximate surface area is 161 Å². The summed E-state index contributed by atoms with van der Waals surface area (Å²) in [4.78, 5) is 54.0. The first-order valence-corrected chi connectivity index (χ1v) is 9.21. The molecule has 28 heavy (non-hydrogen) atoms. The van der Waals surface area contributed by atoms with E-state index in [1.807, 2.05) is 6.92 Å². The minimum absolute atomic E-state index is 0.357. The Kier molecular flexibility index (Phi) is 4.54. The van der Waals surface area contributed by atoms with Gasteiger partial charge < -0.3 is 14.8 Å². The zero-order chi connectivity index (χ0) is 20.0. The van der Waals surface area contributed by atoms with Crippen LogP contribution in [0.1, 0.15) is 6.92 Å². The molecule has 0 spiro atoms. The molecule has 3 heterocycles. The van der Waals surface area contributed by atoms with Gasteiger partial charge in [0, 0.05) is 13.1 Å². The molecule has 1 aromatic rings. The summed E-state index contributed by atoms with van der Waals surface area (Å²) < 4.78 is 10.3. The first-order valence-electron chi connectivity index (χ1n) is 9.21. The average Bonchev–Trinajstić information content (AvgIpc) is 3.17. The van der Waals surface area contributed by atoms with Gasteiger partial charge in [0.15, 0.2) is 0 Å². The van der Waals surface area contributed by atoms with Gasteiger partial charge in [0.1, 0.15) is 17.8 Å². The van der Waals surface area contributed by atoms with Crippen molar-refractivity contribution in [3.63, 3.8) is 0 Å². The number of anilines is 1. The zero-order valence-corrected chi connectivity index (χ0v) is 15.6. The molecule has 4 rings (SSSR count). The third-order valence-electron chi connectivity index (χ3n) is 5.58. The fourth-order valence-electron chi connectivity index (χ4n) is 4.48. The summed E-state index contributed by atoms with van der Waals surface area (Å²) in [5.41, 5.74) is 0.412. The smallest absolute Gasteiger partial charge is 0.311 e. The van der Waals surface area contributed by atoms with E-state index >= 15 is 0 Å². The van der Waals surface area contributed by atoms with Crippen molar-refractivity contribution < 1.29 is 28.7 Å². The molecular formula is C19H21N3O6. The lowest BCUT2D eigenvalue weighted by atomic mass is 9.87. The summed E-state index contributed by atoms with van der Waals surface area (Å²) >= 11 is 0. The summed E-state index contributed by atoms with van der Waals surface area (Å²) in [6, 6.07) is 4.92. The molecule has 4 unspecified atom stereocenters. The Hall–Kier alpha value is -2.94. The second kappa shape index (κ2) is 6.90. The highest BCUT2D eigenvalue weighted by Gasteiger charge is 2.66. The maximum absolute atomic E-state index is 13.2. The summed E-state index contributed by atoms with van der Waals surface area (Å²) in [7, 11) is 1.21. The topological polar surface area (TPSA) is 105 Å². The molecule has 0 bridgehead atoms. The summed E-state index contributed by atoms with van der Waals surface area (Å²) in [6.07, 6.45) is 0. The van der Waals surface area contributed by atoms with E-state index in [0.29, 0.717) is 31.1 Å². The molecule has 3 aliphatic rings. The normalized spacial score (nSPS) is 29.4. The molecule has 4 atom stereocenters. The number of esters is 1. The van der Waals surface area contributed by atoms with Gasteiger partial charge in [-0.25, -0.2) is 4.90 Å². The summed E-state index contributed by atoms with van der Waals surface area (Å²) in [5, 5.41) is 2.70. The molecule has 0 radical (unpaired) electrons. The van der Waals surface area contributed by atoms with Crippen LogP contribution in [0.2, 0.25) is 0 Å².